The van der Waals surface area contributed by atoms with Crippen molar-refractivity contribution in [1.82, 2.24) is 9.88 Å². The van der Waals surface area contributed by atoms with Crippen LogP contribution in [0, 0.1) is 0 Å². The van der Waals surface area contributed by atoms with Crippen molar-refractivity contribution in [1.29, 1.82) is 0 Å². The van der Waals surface area contributed by atoms with Crippen LogP contribution in [-0.2, 0) is 19.3 Å². The molecule has 2 aromatic rings. The molecule has 0 atom stereocenters. The van der Waals surface area contributed by atoms with Crippen LogP contribution in [0.4, 0.5) is 13.2 Å². The largest absolute Gasteiger partial charge is 0.494 e. The zero-order valence-electron chi connectivity index (χ0n) is 11.2. The highest BCUT2D eigenvalue weighted by molar-refractivity contribution is 6.02. The quantitative estimate of drug-likeness (QED) is 0.796. The number of nitrogens with zero attached hydrogens (tertiary/aromatic N) is 1. The molecule has 0 aliphatic carbocycles. The molecule has 0 unspecified atom stereocenters. The van der Waals surface area contributed by atoms with E-state index in [4.69, 9.17) is 0 Å². The molecule has 0 amide bonds. The lowest BCUT2D eigenvalue weighted by Gasteiger charge is -2.17. The van der Waals surface area contributed by atoms with Gasteiger partial charge in [0.2, 0.25) is 0 Å². The van der Waals surface area contributed by atoms with Crippen LogP contribution in [0.3, 0.4) is 0 Å². The third-order valence-corrected chi connectivity index (χ3v) is 3.77. The monoisotopic (exact) mass is 298 g/mol. The SMILES string of the molecule is CC(=O)c1cc(C(F)(F)F)c2c(O)n3c(c2c1)CNCC3. The van der Waals surface area contributed by atoms with Gasteiger partial charge in [-0.1, -0.05) is 0 Å². The Morgan fingerprint density at radius 2 is 2.10 bits per heavy atom. The second kappa shape index (κ2) is 4.49. The number of nitrogens with one attached hydrogen (secondary N) is 1. The molecule has 1 aliphatic rings. The Kier molecular flexibility index (Phi) is 2.98. The van der Waals surface area contributed by atoms with E-state index in [-0.39, 0.29) is 22.2 Å². The molecule has 7 heteroatoms. The average molecular weight is 298 g/mol. The number of ketones is 1. The Labute approximate surface area is 118 Å². The second-order valence-electron chi connectivity index (χ2n) is 5.10. The Morgan fingerprint density at radius 3 is 2.71 bits per heavy atom. The van der Waals surface area contributed by atoms with Crippen molar-refractivity contribution in [2.75, 3.05) is 6.54 Å². The van der Waals surface area contributed by atoms with E-state index in [2.05, 4.69) is 5.32 Å². The third kappa shape index (κ3) is 2.08. The minimum atomic E-state index is -4.63. The van der Waals surface area contributed by atoms with Gasteiger partial charge in [0.05, 0.1) is 10.9 Å². The van der Waals surface area contributed by atoms with Crippen LogP contribution in [0.2, 0.25) is 0 Å². The maximum atomic E-state index is 13.3. The molecule has 3 rings (SSSR count). The standard InChI is InChI=1S/C14H13F3N2O2/c1-7(20)8-4-9-11-6-18-2-3-19(11)13(21)12(9)10(5-8)14(15,16)17/h4-5,18,21H,2-3,6H2,1H3. The van der Waals surface area contributed by atoms with Gasteiger partial charge in [-0.25, -0.2) is 0 Å². The van der Waals surface area contributed by atoms with Crippen molar-refractivity contribution in [3.63, 3.8) is 0 Å². The van der Waals surface area contributed by atoms with Crippen LogP contribution < -0.4 is 5.32 Å². The fraction of sp³-hybridized carbons (Fsp3) is 0.357. The van der Waals surface area contributed by atoms with Crippen LogP contribution in [-0.4, -0.2) is 22.0 Å². The Morgan fingerprint density at radius 1 is 1.38 bits per heavy atom. The van der Waals surface area contributed by atoms with Gasteiger partial charge in [-0.05, 0) is 19.1 Å². The number of aromatic hydroxyl groups is 1. The smallest absolute Gasteiger partial charge is 0.417 e. The van der Waals surface area contributed by atoms with E-state index >= 15 is 0 Å². The summed E-state index contributed by atoms with van der Waals surface area (Å²) in [5.41, 5.74) is -0.402. The summed E-state index contributed by atoms with van der Waals surface area (Å²) < 4.78 is 41.2. The first kappa shape index (κ1) is 13.9. The predicted molar refractivity (Wildman–Crippen MR) is 70.3 cm³/mol. The summed E-state index contributed by atoms with van der Waals surface area (Å²) in [7, 11) is 0. The molecule has 21 heavy (non-hydrogen) atoms. The van der Waals surface area contributed by atoms with Crippen LogP contribution in [0.25, 0.3) is 10.8 Å². The number of carbonyl (C=O) groups excluding carboxylic acids is 1. The Bertz CT molecular complexity index is 747. The second-order valence-corrected chi connectivity index (χ2v) is 5.10. The molecular formula is C14H13F3N2O2. The zero-order valence-corrected chi connectivity index (χ0v) is 11.2. The lowest BCUT2D eigenvalue weighted by Crippen LogP contribution is -2.27. The Balaban J connectivity index is 2.44. The van der Waals surface area contributed by atoms with Gasteiger partial charge >= 0.3 is 6.18 Å². The molecule has 4 nitrogen and oxygen atoms in total. The molecule has 1 aromatic carbocycles. The van der Waals surface area contributed by atoms with Gasteiger partial charge in [0.25, 0.3) is 0 Å². The molecular weight excluding hydrogens is 285 g/mol. The first-order valence-electron chi connectivity index (χ1n) is 6.47. The van der Waals surface area contributed by atoms with E-state index in [0.29, 0.717) is 25.3 Å². The van der Waals surface area contributed by atoms with Gasteiger partial charge < -0.3 is 15.0 Å². The van der Waals surface area contributed by atoms with E-state index < -0.39 is 17.5 Å². The summed E-state index contributed by atoms with van der Waals surface area (Å²) in [4.78, 5) is 11.5. The maximum Gasteiger partial charge on any atom is 0.417 e. The van der Waals surface area contributed by atoms with E-state index in [0.717, 1.165) is 6.07 Å². The number of fused-ring (bicyclic) bond motifs is 3. The highest BCUT2D eigenvalue weighted by Gasteiger charge is 2.36. The topological polar surface area (TPSA) is 54.3 Å². The van der Waals surface area contributed by atoms with Crippen LogP contribution in [0.15, 0.2) is 12.1 Å². The fourth-order valence-electron chi connectivity index (χ4n) is 2.77. The molecule has 0 radical (unpaired) electrons. The number of hydrogen-bond acceptors (Lipinski definition) is 3. The minimum Gasteiger partial charge on any atom is -0.494 e. The number of rotatable bonds is 1. The molecule has 0 bridgehead atoms. The van der Waals surface area contributed by atoms with Crippen molar-refractivity contribution >= 4 is 16.6 Å². The molecule has 0 saturated heterocycles. The van der Waals surface area contributed by atoms with E-state index in [1.165, 1.54) is 17.6 Å². The van der Waals surface area contributed by atoms with Gasteiger partial charge in [0, 0.05) is 36.3 Å². The summed E-state index contributed by atoms with van der Waals surface area (Å²) in [6.45, 7) is 2.54. The lowest BCUT2D eigenvalue weighted by atomic mass is 10.00. The number of benzene rings is 1. The summed E-state index contributed by atoms with van der Waals surface area (Å²) >= 11 is 0. The molecule has 0 fully saturated rings. The van der Waals surface area contributed by atoms with Crippen LogP contribution in [0.5, 0.6) is 5.88 Å². The molecule has 112 valence electrons. The van der Waals surface area contributed by atoms with Crippen molar-refractivity contribution < 1.29 is 23.1 Å². The lowest BCUT2D eigenvalue weighted by molar-refractivity contribution is -0.136. The highest BCUT2D eigenvalue weighted by atomic mass is 19.4. The van der Waals surface area contributed by atoms with E-state index in [9.17, 15) is 23.1 Å². The van der Waals surface area contributed by atoms with Gasteiger partial charge in [0.1, 0.15) is 0 Å². The normalized spacial score (nSPS) is 15.2. The number of aromatic nitrogens is 1. The van der Waals surface area contributed by atoms with Gasteiger partial charge in [0.15, 0.2) is 11.7 Å². The zero-order chi connectivity index (χ0) is 15.4. The van der Waals surface area contributed by atoms with Crippen molar-refractivity contribution in [3.05, 3.63) is 29.0 Å². The van der Waals surface area contributed by atoms with Gasteiger partial charge in [-0.3, -0.25) is 4.79 Å². The number of hydrogen-bond donors (Lipinski definition) is 2. The third-order valence-electron chi connectivity index (χ3n) is 3.77. The molecule has 2 heterocycles. The molecule has 2 N–H and O–H groups in total. The predicted octanol–water partition coefficient (Wildman–Crippen LogP) is 2.67. The van der Waals surface area contributed by atoms with Crippen molar-refractivity contribution in [3.8, 4) is 5.88 Å². The molecule has 1 aliphatic heterocycles. The number of Topliss-reactive ketones (excluding diaryl/α,β-unsaturated/α-hetero) is 1. The maximum absolute atomic E-state index is 13.3. The van der Waals surface area contributed by atoms with Crippen molar-refractivity contribution in [2.45, 2.75) is 26.2 Å². The van der Waals surface area contributed by atoms with Gasteiger partial charge in [-0.15, -0.1) is 0 Å². The summed E-state index contributed by atoms with van der Waals surface area (Å²) in [6, 6.07) is 2.23. The number of alkyl halides is 3. The Hall–Kier alpha value is -2.02. The molecule has 0 spiro atoms. The first-order valence-corrected chi connectivity index (χ1v) is 6.47. The number of carbonyl (C=O) groups is 1. The highest BCUT2D eigenvalue weighted by Crippen LogP contribution is 2.42. The summed E-state index contributed by atoms with van der Waals surface area (Å²) in [5, 5.41) is 13.3. The van der Waals surface area contributed by atoms with Crippen LogP contribution in [0.1, 0.15) is 28.5 Å². The van der Waals surface area contributed by atoms with E-state index in [1.807, 2.05) is 0 Å². The average Bonchev–Trinajstić information content (AvgIpc) is 2.71. The first-order chi connectivity index (χ1) is 9.80. The number of halogens is 3. The fourth-order valence-corrected chi connectivity index (χ4v) is 2.77. The molecule has 0 saturated carbocycles. The van der Waals surface area contributed by atoms with Crippen LogP contribution >= 0.6 is 0 Å². The molecule has 1 aromatic heterocycles. The summed E-state index contributed by atoms with van der Waals surface area (Å²) in [5.74, 6) is -0.825. The van der Waals surface area contributed by atoms with Crippen molar-refractivity contribution in [2.24, 2.45) is 0 Å². The van der Waals surface area contributed by atoms with E-state index in [1.54, 1.807) is 0 Å². The minimum absolute atomic E-state index is 0.00574. The van der Waals surface area contributed by atoms with Gasteiger partial charge in [-0.2, -0.15) is 13.2 Å². The summed E-state index contributed by atoms with van der Waals surface area (Å²) in [6.07, 6.45) is -4.63.